The quantitative estimate of drug-likeness (QED) is 0.682. The molecule has 0 aromatic carbocycles. The van der Waals surface area contributed by atoms with Gasteiger partial charge in [0.2, 0.25) is 0 Å². The van der Waals surface area contributed by atoms with E-state index in [0.717, 1.165) is 13.0 Å². The summed E-state index contributed by atoms with van der Waals surface area (Å²) in [5.41, 5.74) is 1.28. The third-order valence-corrected chi connectivity index (χ3v) is 5.58. The number of hydrogen-bond donors (Lipinski definition) is 0. The highest BCUT2D eigenvalue weighted by Gasteiger charge is 2.71. The molecule has 1 saturated heterocycles. The largest absolute Gasteiger partial charge is 0.353 e. The van der Waals surface area contributed by atoms with Gasteiger partial charge in [0.05, 0.1) is 6.10 Å². The molecule has 2 heteroatoms. The van der Waals surface area contributed by atoms with Crippen LogP contribution in [0.15, 0.2) is 12.2 Å². The second kappa shape index (κ2) is 3.58. The van der Waals surface area contributed by atoms with Gasteiger partial charge in [-0.15, -0.1) is 0 Å². The number of allylic oxidation sites excluding steroid dienone is 2. The molecule has 2 saturated carbocycles. The molecule has 0 aromatic rings. The third-order valence-electron chi connectivity index (χ3n) is 5.58. The predicted molar refractivity (Wildman–Crippen MR) is 65.6 cm³/mol. The second-order valence-corrected chi connectivity index (χ2v) is 6.58. The second-order valence-electron chi connectivity index (χ2n) is 6.58. The fourth-order valence-corrected chi connectivity index (χ4v) is 4.62. The molecule has 0 spiro atoms. The lowest BCUT2D eigenvalue weighted by Gasteiger charge is -2.27. The zero-order valence-electron chi connectivity index (χ0n) is 10.5. The van der Waals surface area contributed by atoms with Crippen LogP contribution >= 0.6 is 0 Å². The molecule has 0 bridgehead atoms. The summed E-state index contributed by atoms with van der Waals surface area (Å²) in [5, 5.41) is 0. The Bertz CT molecular complexity index is 323. The molecule has 0 amide bonds. The SMILES string of the molecule is C1=CC[C@]23CC(O[C@H]4CCCCO4)C[C@@]2(C1)C3. The van der Waals surface area contributed by atoms with Crippen molar-refractivity contribution < 1.29 is 9.47 Å². The van der Waals surface area contributed by atoms with Crippen molar-refractivity contribution >= 4 is 0 Å². The Morgan fingerprint density at radius 1 is 1.06 bits per heavy atom. The average molecular weight is 234 g/mol. The van der Waals surface area contributed by atoms with Gasteiger partial charge in [0.1, 0.15) is 0 Å². The maximum Gasteiger partial charge on any atom is 0.157 e. The molecular formula is C15H22O2. The highest BCUT2D eigenvalue weighted by atomic mass is 16.7. The van der Waals surface area contributed by atoms with Crippen molar-refractivity contribution in [2.24, 2.45) is 10.8 Å². The van der Waals surface area contributed by atoms with E-state index in [1.165, 1.54) is 44.9 Å². The van der Waals surface area contributed by atoms with Crippen molar-refractivity contribution in [3.05, 3.63) is 12.2 Å². The molecule has 1 heterocycles. The number of rotatable bonds is 2. The van der Waals surface area contributed by atoms with E-state index in [2.05, 4.69) is 12.2 Å². The molecule has 0 radical (unpaired) electrons. The van der Waals surface area contributed by atoms with E-state index in [1.807, 2.05) is 0 Å². The van der Waals surface area contributed by atoms with Gasteiger partial charge in [-0.1, -0.05) is 12.2 Å². The van der Waals surface area contributed by atoms with Crippen molar-refractivity contribution in [2.45, 2.75) is 63.8 Å². The molecule has 17 heavy (non-hydrogen) atoms. The van der Waals surface area contributed by atoms with Crippen molar-refractivity contribution in [3.8, 4) is 0 Å². The Kier molecular flexibility index (Phi) is 2.23. The monoisotopic (exact) mass is 234 g/mol. The molecule has 0 N–H and O–H groups in total. The van der Waals surface area contributed by atoms with E-state index in [0.29, 0.717) is 16.9 Å². The van der Waals surface area contributed by atoms with Crippen LogP contribution in [-0.4, -0.2) is 19.0 Å². The van der Waals surface area contributed by atoms with E-state index in [9.17, 15) is 0 Å². The molecular weight excluding hydrogens is 212 g/mol. The van der Waals surface area contributed by atoms with Crippen LogP contribution in [0.3, 0.4) is 0 Å². The van der Waals surface area contributed by atoms with E-state index in [4.69, 9.17) is 9.47 Å². The maximum atomic E-state index is 6.18. The van der Waals surface area contributed by atoms with Gasteiger partial charge in [-0.25, -0.2) is 0 Å². The normalized spacial score (nSPS) is 52.0. The minimum Gasteiger partial charge on any atom is -0.353 e. The smallest absolute Gasteiger partial charge is 0.157 e. The average Bonchev–Trinajstić information content (AvgIpc) is 2.87. The van der Waals surface area contributed by atoms with Crippen LogP contribution in [0.1, 0.15) is 51.4 Å². The van der Waals surface area contributed by atoms with Crippen molar-refractivity contribution in [1.29, 1.82) is 0 Å². The lowest BCUT2D eigenvalue weighted by Crippen LogP contribution is -2.27. The first-order valence-electron chi connectivity index (χ1n) is 7.24. The van der Waals surface area contributed by atoms with Crippen LogP contribution in [-0.2, 0) is 9.47 Å². The molecule has 3 fully saturated rings. The van der Waals surface area contributed by atoms with Crippen LogP contribution in [0.2, 0.25) is 0 Å². The van der Waals surface area contributed by atoms with Gasteiger partial charge >= 0.3 is 0 Å². The van der Waals surface area contributed by atoms with E-state index in [-0.39, 0.29) is 6.29 Å². The van der Waals surface area contributed by atoms with Gasteiger partial charge in [0.15, 0.2) is 6.29 Å². The fourth-order valence-electron chi connectivity index (χ4n) is 4.62. The molecule has 4 aliphatic rings. The summed E-state index contributed by atoms with van der Waals surface area (Å²) in [4.78, 5) is 0. The summed E-state index contributed by atoms with van der Waals surface area (Å²) < 4.78 is 11.9. The molecule has 3 aliphatic carbocycles. The predicted octanol–water partition coefficient (Wildman–Crippen LogP) is 3.42. The fraction of sp³-hybridized carbons (Fsp3) is 0.867. The molecule has 2 nitrogen and oxygen atoms in total. The van der Waals surface area contributed by atoms with Gasteiger partial charge in [-0.2, -0.15) is 0 Å². The first-order valence-corrected chi connectivity index (χ1v) is 7.24. The first kappa shape index (κ1) is 10.6. The Labute approximate surface area is 103 Å². The van der Waals surface area contributed by atoms with Gasteiger partial charge in [-0.05, 0) is 62.2 Å². The van der Waals surface area contributed by atoms with Crippen LogP contribution in [0.5, 0.6) is 0 Å². The maximum absolute atomic E-state index is 6.18. The van der Waals surface area contributed by atoms with Gasteiger partial charge < -0.3 is 9.47 Å². The zero-order chi connectivity index (χ0) is 11.3. The summed E-state index contributed by atoms with van der Waals surface area (Å²) in [6.45, 7) is 0.898. The highest BCUT2D eigenvalue weighted by Crippen LogP contribution is 2.78. The Hall–Kier alpha value is -0.340. The molecule has 4 atom stereocenters. The highest BCUT2D eigenvalue weighted by molar-refractivity contribution is 5.26. The van der Waals surface area contributed by atoms with Crippen molar-refractivity contribution in [2.75, 3.05) is 6.61 Å². The van der Waals surface area contributed by atoms with Crippen LogP contribution < -0.4 is 0 Å². The Balaban J connectivity index is 1.39. The topological polar surface area (TPSA) is 18.5 Å². The molecule has 0 aromatic heterocycles. The first-order chi connectivity index (χ1) is 8.32. The molecule has 94 valence electrons. The molecule has 1 unspecified atom stereocenters. The van der Waals surface area contributed by atoms with E-state index >= 15 is 0 Å². The number of ether oxygens (including phenoxy) is 2. The third kappa shape index (κ3) is 1.53. The summed E-state index contributed by atoms with van der Waals surface area (Å²) >= 11 is 0. The van der Waals surface area contributed by atoms with Crippen LogP contribution in [0.25, 0.3) is 0 Å². The summed E-state index contributed by atoms with van der Waals surface area (Å²) in [7, 11) is 0. The van der Waals surface area contributed by atoms with Crippen molar-refractivity contribution in [1.82, 2.24) is 0 Å². The minimum absolute atomic E-state index is 0.106. The van der Waals surface area contributed by atoms with Crippen LogP contribution in [0, 0.1) is 10.8 Å². The number of hydrogen-bond acceptors (Lipinski definition) is 2. The Morgan fingerprint density at radius 3 is 2.47 bits per heavy atom. The summed E-state index contributed by atoms with van der Waals surface area (Å²) in [6.07, 6.45) is 15.6. The minimum atomic E-state index is 0.106. The standard InChI is InChI=1S/C15H22O2/c1-4-8-16-13(5-1)17-12-9-14-6-2-3-7-15(14,10-12)11-14/h2-3,12-13H,1,4-11H2/t12?,13-,14-,15+/m0/s1. The summed E-state index contributed by atoms with van der Waals surface area (Å²) in [6, 6.07) is 0. The van der Waals surface area contributed by atoms with Crippen LogP contribution in [0.4, 0.5) is 0 Å². The van der Waals surface area contributed by atoms with E-state index in [1.54, 1.807) is 0 Å². The molecule has 1 aliphatic heterocycles. The van der Waals surface area contributed by atoms with Crippen molar-refractivity contribution in [3.63, 3.8) is 0 Å². The van der Waals surface area contributed by atoms with E-state index < -0.39 is 0 Å². The van der Waals surface area contributed by atoms with Gasteiger partial charge in [0.25, 0.3) is 0 Å². The lowest BCUT2D eigenvalue weighted by atomic mass is 9.86. The van der Waals surface area contributed by atoms with Gasteiger partial charge in [-0.3, -0.25) is 0 Å². The summed E-state index contributed by atoms with van der Waals surface area (Å²) in [5.74, 6) is 0. The Morgan fingerprint density at radius 2 is 1.82 bits per heavy atom. The lowest BCUT2D eigenvalue weighted by molar-refractivity contribution is -0.189. The molecule has 4 rings (SSSR count). The van der Waals surface area contributed by atoms with Gasteiger partial charge in [0, 0.05) is 6.61 Å². The zero-order valence-corrected chi connectivity index (χ0v) is 10.5.